The number of halogens is 16. The van der Waals surface area contributed by atoms with Crippen molar-refractivity contribution in [3.8, 4) is 0 Å². The minimum Gasteiger partial charge on any atom is -0.481 e. The van der Waals surface area contributed by atoms with E-state index in [0.717, 1.165) is 0 Å². The van der Waals surface area contributed by atoms with Gasteiger partial charge < -0.3 is 10.2 Å². The van der Waals surface area contributed by atoms with Crippen molar-refractivity contribution in [2.45, 2.75) is 67.6 Å². The number of carbonyl (C=O) groups is 2. The van der Waals surface area contributed by atoms with Gasteiger partial charge >= 0.3 is 60.3 Å². The van der Waals surface area contributed by atoms with E-state index in [0.29, 0.717) is 0 Å². The molecule has 202 valence electrons. The van der Waals surface area contributed by atoms with Crippen LogP contribution in [0.1, 0.15) is 19.3 Å². The molecule has 0 radical (unpaired) electrons. The Bertz CT molecular complexity index is 717. The summed E-state index contributed by atoms with van der Waals surface area (Å²) in [5, 5.41) is 17.4. The number of aliphatic carboxylic acids is 2. The van der Waals surface area contributed by atoms with Gasteiger partial charge in [-0.1, -0.05) is 0 Å². The average Bonchev–Trinajstić information content (AvgIpc) is 2.58. The molecule has 0 saturated carbocycles. The zero-order valence-electron chi connectivity index (χ0n) is 15.5. The molecular weight excluding hydrogens is 536 g/mol. The Hall–Kier alpha value is -2.18. The first kappa shape index (κ1) is 31.8. The summed E-state index contributed by atoms with van der Waals surface area (Å²) in [7, 11) is 0. The molecule has 0 aliphatic carbocycles. The molecule has 0 aliphatic rings. The predicted octanol–water partition coefficient (Wildman–Crippen LogP) is 5.65. The van der Waals surface area contributed by atoms with E-state index in [4.69, 9.17) is 10.2 Å². The Balaban J connectivity index is 6.85. The summed E-state index contributed by atoms with van der Waals surface area (Å²) in [5.41, 5.74) is -4.98. The first-order valence-electron chi connectivity index (χ1n) is 7.94. The van der Waals surface area contributed by atoms with E-state index in [1.165, 1.54) is 0 Å². The molecule has 0 heterocycles. The van der Waals surface area contributed by atoms with Crippen LogP contribution >= 0.6 is 0 Å². The zero-order chi connectivity index (χ0) is 27.9. The number of alkyl halides is 16. The van der Waals surface area contributed by atoms with E-state index in [9.17, 15) is 79.8 Å². The molecule has 0 aromatic carbocycles. The molecule has 0 atom stereocenters. The van der Waals surface area contributed by atoms with Gasteiger partial charge in [0.05, 0.1) is 11.8 Å². The van der Waals surface area contributed by atoms with E-state index in [1.807, 2.05) is 0 Å². The summed E-state index contributed by atoms with van der Waals surface area (Å²) >= 11 is 0. The Morgan fingerprint density at radius 1 is 0.588 bits per heavy atom. The normalized spacial score (nSPS) is 15.2. The minimum absolute atomic E-state index is 2.86. The van der Waals surface area contributed by atoms with E-state index >= 15 is 0 Å². The van der Waals surface area contributed by atoms with Gasteiger partial charge in [-0.3, -0.25) is 9.59 Å². The number of hydrogen-bond donors (Lipinski definition) is 2. The highest BCUT2D eigenvalue weighted by molar-refractivity contribution is 5.81. The van der Waals surface area contributed by atoms with Gasteiger partial charge in [0.2, 0.25) is 0 Å². The molecule has 34 heavy (non-hydrogen) atoms. The highest BCUT2D eigenvalue weighted by Gasteiger charge is 2.79. The van der Waals surface area contributed by atoms with Crippen LogP contribution in [0.3, 0.4) is 0 Å². The third kappa shape index (κ3) is 5.23. The van der Waals surface area contributed by atoms with Gasteiger partial charge in [0.1, 0.15) is 0 Å². The lowest BCUT2D eigenvalue weighted by molar-refractivity contribution is -0.354. The van der Waals surface area contributed by atoms with Gasteiger partial charge in [0.15, 0.2) is 0 Å². The van der Waals surface area contributed by atoms with Gasteiger partial charge in [-0.2, -0.15) is 52.7 Å². The van der Waals surface area contributed by atoms with Gasteiger partial charge in [-0.15, -0.1) is 0 Å². The zero-order valence-corrected chi connectivity index (χ0v) is 15.5. The lowest BCUT2D eigenvalue weighted by Gasteiger charge is -2.40. The van der Waals surface area contributed by atoms with E-state index in [1.54, 1.807) is 0 Å². The molecule has 0 aromatic rings. The molecule has 2 N–H and O–H groups in total. The molecule has 0 aliphatic heterocycles. The van der Waals surface area contributed by atoms with Crippen molar-refractivity contribution in [3.05, 3.63) is 0 Å². The van der Waals surface area contributed by atoms with Crippen molar-refractivity contribution < 1.29 is 90.0 Å². The third-order valence-electron chi connectivity index (χ3n) is 4.37. The lowest BCUT2D eigenvalue weighted by atomic mass is 9.71. The second-order valence-corrected chi connectivity index (χ2v) is 6.91. The second kappa shape index (κ2) is 9.12. The SMILES string of the molecule is O=C(O)CC(CC(F)(F)C(F)(F)C(F)(F)C(F)F)(CC(F)(F)C(F)(F)C(F)(F)C(F)F)C(=O)O. The highest BCUT2D eigenvalue weighted by Crippen LogP contribution is 2.58. The third-order valence-corrected chi connectivity index (χ3v) is 4.37. The number of rotatable bonds is 13. The molecule has 0 bridgehead atoms. The van der Waals surface area contributed by atoms with Crippen LogP contribution in [-0.2, 0) is 9.59 Å². The van der Waals surface area contributed by atoms with Gasteiger partial charge in [-0.25, -0.2) is 17.6 Å². The van der Waals surface area contributed by atoms with Crippen molar-refractivity contribution in [1.82, 2.24) is 0 Å². The molecule has 0 aromatic heterocycles. The van der Waals surface area contributed by atoms with Crippen molar-refractivity contribution in [2.75, 3.05) is 0 Å². The van der Waals surface area contributed by atoms with E-state index < -0.39 is 85.0 Å². The van der Waals surface area contributed by atoms with Gasteiger partial charge in [0, 0.05) is 12.8 Å². The van der Waals surface area contributed by atoms with Gasteiger partial charge in [0.25, 0.3) is 0 Å². The Labute approximate surface area is 176 Å². The van der Waals surface area contributed by atoms with Crippen molar-refractivity contribution in [2.24, 2.45) is 5.41 Å². The molecule has 0 spiro atoms. The molecule has 0 fully saturated rings. The van der Waals surface area contributed by atoms with Crippen molar-refractivity contribution in [1.29, 1.82) is 0 Å². The molecule has 0 saturated heterocycles. The molecular formula is C14H10F16O4. The van der Waals surface area contributed by atoms with Crippen LogP contribution in [-0.4, -0.2) is 70.5 Å². The predicted molar refractivity (Wildman–Crippen MR) is 73.2 cm³/mol. The standard InChI is InChI=1S/C14H10F16O4/c15-5(16)11(23,24)13(27,28)9(19,20)2-8(7(33)34,1-4(31)32)3-10(21,22)14(29,30)12(25,26)6(17)18/h5-6H,1-3H2,(H,31,32)(H,33,34). The van der Waals surface area contributed by atoms with Crippen LogP contribution in [0.5, 0.6) is 0 Å². The summed E-state index contributed by atoms with van der Waals surface area (Å²) in [4.78, 5) is 22.0. The number of hydrogen-bond acceptors (Lipinski definition) is 2. The molecule has 20 heteroatoms. The largest absolute Gasteiger partial charge is 0.481 e. The Morgan fingerprint density at radius 2 is 0.853 bits per heavy atom. The molecule has 0 rings (SSSR count). The first-order valence-corrected chi connectivity index (χ1v) is 7.94. The van der Waals surface area contributed by atoms with Crippen LogP contribution < -0.4 is 0 Å². The topological polar surface area (TPSA) is 74.6 Å². The smallest absolute Gasteiger partial charge is 0.377 e. The highest BCUT2D eigenvalue weighted by atomic mass is 19.4. The second-order valence-electron chi connectivity index (χ2n) is 6.91. The van der Waals surface area contributed by atoms with Crippen LogP contribution in [0.25, 0.3) is 0 Å². The van der Waals surface area contributed by atoms with Crippen molar-refractivity contribution >= 4 is 11.9 Å². The van der Waals surface area contributed by atoms with Crippen molar-refractivity contribution in [3.63, 3.8) is 0 Å². The minimum atomic E-state index is -7.35. The van der Waals surface area contributed by atoms with E-state index in [2.05, 4.69) is 0 Å². The van der Waals surface area contributed by atoms with Crippen LogP contribution in [0.15, 0.2) is 0 Å². The molecule has 0 unspecified atom stereocenters. The average molecular weight is 546 g/mol. The Morgan fingerprint density at radius 3 is 1.03 bits per heavy atom. The maximum Gasteiger partial charge on any atom is 0.377 e. The lowest BCUT2D eigenvalue weighted by Crippen LogP contribution is -2.62. The quantitative estimate of drug-likeness (QED) is 0.293. The maximum atomic E-state index is 13.9. The Kier molecular flexibility index (Phi) is 8.53. The van der Waals surface area contributed by atoms with Crippen LogP contribution in [0.4, 0.5) is 70.2 Å². The van der Waals surface area contributed by atoms with Crippen LogP contribution in [0, 0.1) is 5.41 Å². The molecule has 4 nitrogen and oxygen atoms in total. The van der Waals surface area contributed by atoms with Gasteiger partial charge in [-0.05, 0) is 0 Å². The number of carboxylic acid groups (broad SMARTS) is 2. The van der Waals surface area contributed by atoms with Crippen LogP contribution in [0.2, 0.25) is 0 Å². The maximum absolute atomic E-state index is 13.9. The fourth-order valence-corrected chi connectivity index (χ4v) is 2.54. The van der Waals surface area contributed by atoms with E-state index in [-0.39, 0.29) is 0 Å². The summed E-state index contributed by atoms with van der Waals surface area (Å²) in [5.74, 6) is -48.9. The molecule has 0 amide bonds. The monoisotopic (exact) mass is 546 g/mol. The summed E-state index contributed by atoms with van der Waals surface area (Å²) in [6, 6.07) is 0. The first-order chi connectivity index (χ1) is 14.7. The fraction of sp³-hybridized carbons (Fsp3) is 0.857. The summed E-state index contributed by atoms with van der Waals surface area (Å²) < 4.78 is 210. The number of carboxylic acids is 2. The fourth-order valence-electron chi connectivity index (χ4n) is 2.54. The summed E-state index contributed by atoms with van der Waals surface area (Å²) in [6.45, 7) is 0. The summed E-state index contributed by atoms with van der Waals surface area (Å²) in [6.07, 6.45) is -21.8.